The molecule has 0 radical (unpaired) electrons. The van der Waals surface area contributed by atoms with Crippen LogP contribution in [-0.2, 0) is 44.9 Å². The van der Waals surface area contributed by atoms with Crippen LogP contribution in [0.2, 0.25) is 0 Å². The minimum absolute atomic E-state index is 0.00804. The highest BCUT2D eigenvalue weighted by Gasteiger charge is 2.53. The summed E-state index contributed by atoms with van der Waals surface area (Å²) in [7, 11) is 0. The molecule has 8 heterocycles. The number of carbonyl (C=O) groups is 4. The summed E-state index contributed by atoms with van der Waals surface area (Å²) in [6.45, 7) is 18.0. The Morgan fingerprint density at radius 3 is 1.07 bits per heavy atom. The second-order valence-corrected chi connectivity index (χ2v) is 38.4. The smallest absolute Gasteiger partial charge is 0.306 e. The molecule has 8 atom stereocenters. The first-order chi connectivity index (χ1) is 66.8. The number of aliphatic hydroxyl groups excluding tert-OH is 2. The van der Waals surface area contributed by atoms with Crippen molar-refractivity contribution >= 4 is 23.8 Å². The van der Waals surface area contributed by atoms with E-state index >= 15 is 0 Å². The van der Waals surface area contributed by atoms with Gasteiger partial charge in [0, 0.05) is 94.6 Å². The SMILES string of the molecule is CC(C)Oc1ccc(-c2n[nH]c(-c3cccc4c3C[C@@H]3CC(=O)N(CCO)[C@H]43)n2)cc1C#N.CC(C)Oc1ccc(-c2n[nH]c(-c3cccc4c3C[C@H]3CC(=O)N(CCO)[C@@H]43)n2)cc1C#N.CC(C)Oc1ccc(-c2nc(-c3cccc4c3C[C@@H]3CCN(C5CC(C(=O)O)C5)[C@H]43)no2)cc1C#N.CC(C)Oc1ccc(-c2nc(-c3cccc4c3C[C@H]3CCN(C5CC(C(=O)O)C5)[C@@H]43)no2)cc1C#N. The van der Waals surface area contributed by atoms with E-state index < -0.39 is 11.9 Å². The number of nitriles is 4. The zero-order chi connectivity index (χ0) is 96.2. The molecular weight excluding hydrogens is 1750 g/mol. The highest BCUT2D eigenvalue weighted by atomic mass is 16.5. The molecule has 4 aromatic heterocycles. The van der Waals surface area contributed by atoms with E-state index in [0.29, 0.717) is 165 Å². The van der Waals surface area contributed by atoms with Crippen LogP contribution in [0.5, 0.6) is 23.0 Å². The average molecular weight is 1860 g/mol. The van der Waals surface area contributed by atoms with Crippen LogP contribution in [0.3, 0.4) is 0 Å². The van der Waals surface area contributed by atoms with Crippen molar-refractivity contribution in [1.82, 2.24) is 70.2 Å². The molecule has 4 aliphatic heterocycles. The summed E-state index contributed by atoms with van der Waals surface area (Å²) in [5.74, 6) is 6.26. The van der Waals surface area contributed by atoms with Gasteiger partial charge in [-0.3, -0.25) is 39.2 Å². The molecule has 0 unspecified atom stereocenters. The van der Waals surface area contributed by atoms with Crippen molar-refractivity contribution in [3.8, 4) is 139 Å². The lowest BCUT2D eigenvalue weighted by Crippen LogP contribution is -2.46. The van der Waals surface area contributed by atoms with Gasteiger partial charge in [-0.05, 0) is 274 Å². The predicted octanol–water partition coefficient (Wildman–Crippen LogP) is 16.2. The zero-order valence-electron chi connectivity index (χ0n) is 77.8. The number of aromatic amines is 2. The molecule has 138 heavy (non-hydrogen) atoms. The van der Waals surface area contributed by atoms with E-state index in [9.17, 15) is 60.7 Å². The molecule has 6 aliphatic carbocycles. The number of nitrogens with one attached hydrogen (secondary N) is 2. The maximum absolute atomic E-state index is 12.4. The topological polar surface area (TPSA) is 455 Å². The van der Waals surface area contributed by atoms with Gasteiger partial charge in [0.05, 0.1) is 83.8 Å². The Balaban J connectivity index is 0.000000118. The predicted molar refractivity (Wildman–Crippen MR) is 504 cm³/mol. The Hall–Kier alpha value is -14.8. The second kappa shape index (κ2) is 38.8. The first-order valence-electron chi connectivity index (χ1n) is 47.5. The molecule has 6 fully saturated rings. The Bertz CT molecular complexity index is 6470. The number of hydrogen-bond donors (Lipinski definition) is 6. The van der Waals surface area contributed by atoms with Crippen LogP contribution < -0.4 is 18.9 Å². The van der Waals surface area contributed by atoms with Crippen LogP contribution in [0.1, 0.15) is 198 Å². The van der Waals surface area contributed by atoms with Gasteiger partial charge < -0.3 is 58.2 Å². The number of likely N-dealkylation sites (tertiary alicyclic amines) is 4. The van der Waals surface area contributed by atoms with E-state index in [1.807, 2.05) is 116 Å². The summed E-state index contributed by atoms with van der Waals surface area (Å²) in [5, 5.41) is 99.1. The highest BCUT2D eigenvalue weighted by Crippen LogP contribution is 2.56. The van der Waals surface area contributed by atoms with Crippen LogP contribution in [0.25, 0.3) is 91.2 Å². The molecule has 12 aromatic rings. The van der Waals surface area contributed by atoms with Crippen molar-refractivity contribution in [2.24, 2.45) is 35.5 Å². The number of hydrogen-bond acceptors (Lipinski definition) is 26. The number of aromatic nitrogens is 10. The van der Waals surface area contributed by atoms with Gasteiger partial charge in [-0.1, -0.05) is 83.1 Å². The number of β-amino-alcohol motifs (C(OH)–C–C–N with tert-alkyl or cyclic N) is 2. The van der Waals surface area contributed by atoms with Crippen molar-refractivity contribution in [2.75, 3.05) is 39.4 Å². The number of benzene rings is 8. The molecule has 10 aliphatic rings. The van der Waals surface area contributed by atoms with Crippen molar-refractivity contribution in [2.45, 2.75) is 193 Å². The maximum Gasteiger partial charge on any atom is 0.306 e. The van der Waals surface area contributed by atoms with Crippen molar-refractivity contribution < 1.29 is 67.6 Å². The van der Waals surface area contributed by atoms with E-state index in [-0.39, 0.29) is 85.2 Å². The first kappa shape index (κ1) is 92.3. The van der Waals surface area contributed by atoms with Gasteiger partial charge >= 0.3 is 11.9 Å². The molecule has 0 spiro atoms. The zero-order valence-corrected chi connectivity index (χ0v) is 77.8. The number of rotatable bonds is 24. The summed E-state index contributed by atoms with van der Waals surface area (Å²) >= 11 is 0. The van der Waals surface area contributed by atoms with Gasteiger partial charge in [0.15, 0.2) is 23.3 Å². The Morgan fingerprint density at radius 1 is 0.413 bits per heavy atom. The summed E-state index contributed by atoms with van der Waals surface area (Å²) in [6, 6.07) is 56.2. The fourth-order valence-electron chi connectivity index (χ4n) is 22.4. The third-order valence-electron chi connectivity index (χ3n) is 28.4. The number of aliphatic hydroxyl groups is 2. The minimum Gasteiger partial charge on any atom is -0.490 e. The molecule has 704 valence electrons. The van der Waals surface area contributed by atoms with Crippen LogP contribution in [0, 0.1) is 80.8 Å². The summed E-state index contributed by atoms with van der Waals surface area (Å²) < 4.78 is 34.1. The number of fused-ring (bicyclic) bond motifs is 12. The molecule has 2 amide bonds. The van der Waals surface area contributed by atoms with Gasteiger partial charge in [-0.2, -0.15) is 41.2 Å². The second-order valence-electron chi connectivity index (χ2n) is 38.4. The summed E-state index contributed by atoms with van der Waals surface area (Å²) in [5.41, 5.74) is 18.2. The number of carboxylic acid groups (broad SMARTS) is 2. The van der Waals surface area contributed by atoms with E-state index in [0.717, 1.165) is 122 Å². The average Bonchev–Trinajstić information content (AvgIpc) is 1.59. The van der Waals surface area contributed by atoms with Gasteiger partial charge in [0.1, 0.15) is 47.3 Å². The van der Waals surface area contributed by atoms with Crippen molar-refractivity contribution in [3.05, 3.63) is 212 Å². The summed E-state index contributed by atoms with van der Waals surface area (Å²) in [6.07, 6.45) is 9.61. The van der Waals surface area contributed by atoms with Gasteiger partial charge in [-0.25, -0.2) is 9.97 Å². The molecule has 8 aromatic carbocycles. The number of carbonyl (C=O) groups excluding carboxylic acids is 2. The van der Waals surface area contributed by atoms with E-state index in [2.05, 4.69) is 101 Å². The number of ether oxygens (including phenoxy) is 4. The van der Waals surface area contributed by atoms with E-state index in [1.165, 1.54) is 33.4 Å². The van der Waals surface area contributed by atoms with Crippen LogP contribution >= 0.6 is 0 Å². The molecule has 4 saturated heterocycles. The van der Waals surface area contributed by atoms with Crippen LogP contribution in [0.15, 0.2) is 155 Å². The molecule has 32 heteroatoms. The third-order valence-corrected chi connectivity index (χ3v) is 28.4. The minimum atomic E-state index is -0.673. The Kier molecular flexibility index (Phi) is 25.9. The van der Waals surface area contributed by atoms with Gasteiger partial charge in [0.2, 0.25) is 23.5 Å². The monoisotopic (exact) mass is 1850 g/mol. The third kappa shape index (κ3) is 17.9. The fraction of sp³-hybridized carbons (Fsp3) is 0.396. The van der Waals surface area contributed by atoms with Crippen LogP contribution in [-0.4, -0.2) is 190 Å². The molecular formula is C106H106N18O14. The largest absolute Gasteiger partial charge is 0.490 e. The van der Waals surface area contributed by atoms with Crippen molar-refractivity contribution in [1.29, 1.82) is 21.0 Å². The lowest BCUT2D eigenvalue weighted by Gasteiger charge is -2.42. The highest BCUT2D eigenvalue weighted by molar-refractivity contribution is 5.83. The van der Waals surface area contributed by atoms with Gasteiger partial charge in [-0.15, -0.1) is 0 Å². The normalized spacial score (nSPS) is 22.0. The first-order valence-corrected chi connectivity index (χ1v) is 47.5. The number of H-pyrrole nitrogens is 2. The van der Waals surface area contributed by atoms with Gasteiger partial charge in [0.25, 0.3) is 11.8 Å². The lowest BCUT2D eigenvalue weighted by atomic mass is 9.79. The number of nitrogens with zero attached hydrogens (tertiary/aromatic N) is 16. The van der Waals surface area contributed by atoms with E-state index in [4.69, 9.17) is 47.9 Å². The Labute approximate surface area is 797 Å². The van der Waals surface area contributed by atoms with E-state index in [1.54, 1.807) is 58.3 Å². The van der Waals surface area contributed by atoms with Crippen LogP contribution in [0.4, 0.5) is 0 Å². The Morgan fingerprint density at radius 2 is 0.732 bits per heavy atom. The molecule has 22 rings (SSSR count). The molecule has 0 bridgehead atoms. The molecule has 6 N–H and O–H groups in total. The lowest BCUT2D eigenvalue weighted by molar-refractivity contribution is -0.148. The summed E-state index contributed by atoms with van der Waals surface area (Å²) in [4.78, 5) is 74.9. The number of carboxylic acids is 2. The molecule has 32 nitrogen and oxygen atoms in total. The fourth-order valence-corrected chi connectivity index (χ4v) is 22.4. The number of aliphatic carboxylic acids is 2. The quantitative estimate of drug-likeness (QED) is 0.0327. The van der Waals surface area contributed by atoms with Crippen molar-refractivity contribution in [3.63, 3.8) is 0 Å². The standard InChI is InChI=1S/2C28H28N4O4.2C25H25N5O3/c2*1-15(2)35-24-7-6-17(10-19(24)14-29)27-30-26(31-36-27)22-5-3-4-21-23(22)13-16-8-9-32(25(16)21)20-11-18(12-20)28(33)34;2*1-14(2)33-21-7-6-15(10-17(21)13-26)24-27-25(29-28-24)19-5-3-4-18-20(19)11-16-12-22(32)30(8-9-31)23(16)18/h2*3-7,10,15-16,18,20,25H,8-9,11-13H2,1-2H3,(H,33,34);2*3-7,10,14,16,23,31H,8-9,11-12H2,1-2H3,(H,27,28,29)/t2*16-,18?,20?,25-;2*16-,23+/m1010/s1. The molecule has 2 saturated carbocycles. The number of amides is 2. The maximum atomic E-state index is 12.4.